The number of hydrogen-bond acceptors (Lipinski definition) is 3. The van der Waals surface area contributed by atoms with Crippen LogP contribution in [0, 0.1) is 0 Å². The van der Waals surface area contributed by atoms with E-state index in [1.165, 1.54) is 0 Å². The first-order valence-electron chi connectivity index (χ1n) is 6.05. The fourth-order valence-electron chi connectivity index (χ4n) is 1.58. The molecule has 1 rings (SSSR count). The monoisotopic (exact) mass is 313 g/mol. The summed E-state index contributed by atoms with van der Waals surface area (Å²) in [5, 5.41) is 0. The molecule has 4 heteroatoms. The van der Waals surface area contributed by atoms with Gasteiger partial charge in [0.2, 0.25) is 0 Å². The van der Waals surface area contributed by atoms with Crippen LogP contribution in [-0.2, 0) is 4.74 Å². The molecule has 0 bridgehead atoms. The molecule has 3 nitrogen and oxygen atoms in total. The van der Waals surface area contributed by atoms with Crippen LogP contribution in [0.25, 0.3) is 0 Å². The Balaban J connectivity index is 2.68. The van der Waals surface area contributed by atoms with Gasteiger partial charge in [-0.3, -0.25) is 4.79 Å². The highest BCUT2D eigenvalue weighted by molar-refractivity contribution is 9.10. The van der Waals surface area contributed by atoms with Crippen molar-refractivity contribution in [3.63, 3.8) is 0 Å². The molecule has 1 aromatic carbocycles. The topological polar surface area (TPSA) is 29.5 Å². The second-order valence-corrected chi connectivity index (χ2v) is 5.42. The molecule has 0 radical (unpaired) electrons. The summed E-state index contributed by atoms with van der Waals surface area (Å²) in [4.78, 5) is 13.4. The van der Waals surface area contributed by atoms with Crippen LogP contribution in [0.1, 0.15) is 31.1 Å². The number of hydrogen-bond donors (Lipinski definition) is 0. The number of benzene rings is 1. The van der Waals surface area contributed by atoms with Crippen molar-refractivity contribution in [3.05, 3.63) is 28.2 Å². The fourth-order valence-corrected chi connectivity index (χ4v) is 2.26. The number of ether oxygens (including phenoxy) is 1. The zero-order valence-electron chi connectivity index (χ0n) is 11.4. The minimum absolute atomic E-state index is 0.0769. The normalized spacial score (nSPS) is 10.8. The van der Waals surface area contributed by atoms with Crippen LogP contribution in [0.3, 0.4) is 0 Å². The molecule has 0 N–H and O–H groups in total. The van der Waals surface area contributed by atoms with E-state index < -0.39 is 0 Å². The van der Waals surface area contributed by atoms with Crippen molar-refractivity contribution in [2.45, 2.75) is 26.9 Å². The van der Waals surface area contributed by atoms with E-state index in [4.69, 9.17) is 4.74 Å². The van der Waals surface area contributed by atoms with Gasteiger partial charge < -0.3 is 9.64 Å². The van der Waals surface area contributed by atoms with E-state index in [1.807, 2.05) is 39.1 Å². The van der Waals surface area contributed by atoms with Crippen molar-refractivity contribution >= 4 is 27.4 Å². The van der Waals surface area contributed by atoms with Crippen molar-refractivity contribution in [1.29, 1.82) is 0 Å². The predicted octanol–water partition coefficient (Wildman–Crippen LogP) is 3.51. The van der Waals surface area contributed by atoms with Gasteiger partial charge in [-0.25, -0.2) is 0 Å². The van der Waals surface area contributed by atoms with Gasteiger partial charge in [0.1, 0.15) is 0 Å². The third-order valence-electron chi connectivity index (χ3n) is 2.64. The molecule has 100 valence electrons. The Morgan fingerprint density at radius 2 is 2.11 bits per heavy atom. The average molecular weight is 314 g/mol. The van der Waals surface area contributed by atoms with Gasteiger partial charge in [0.05, 0.1) is 18.4 Å². The minimum Gasteiger partial charge on any atom is -0.377 e. The molecule has 0 amide bonds. The van der Waals surface area contributed by atoms with Crippen LogP contribution >= 0.6 is 15.9 Å². The highest BCUT2D eigenvalue weighted by Crippen LogP contribution is 2.26. The summed E-state index contributed by atoms with van der Waals surface area (Å²) < 4.78 is 6.46. The molecule has 0 unspecified atom stereocenters. The molecule has 1 aromatic rings. The van der Waals surface area contributed by atoms with Gasteiger partial charge in [-0.05, 0) is 54.9 Å². The van der Waals surface area contributed by atoms with Gasteiger partial charge >= 0.3 is 0 Å². The maximum atomic E-state index is 11.3. The quantitative estimate of drug-likeness (QED) is 0.753. The Hall–Kier alpha value is -0.870. The van der Waals surface area contributed by atoms with Crippen molar-refractivity contribution in [2.75, 3.05) is 25.1 Å². The summed E-state index contributed by atoms with van der Waals surface area (Å²) in [5.41, 5.74) is 1.78. The lowest BCUT2D eigenvalue weighted by Crippen LogP contribution is -2.24. The van der Waals surface area contributed by atoms with E-state index in [2.05, 4.69) is 20.8 Å². The van der Waals surface area contributed by atoms with Gasteiger partial charge in [-0.1, -0.05) is 0 Å². The highest BCUT2D eigenvalue weighted by Gasteiger charge is 2.08. The molecule has 0 heterocycles. The molecule has 0 aliphatic rings. The first-order valence-corrected chi connectivity index (χ1v) is 6.84. The van der Waals surface area contributed by atoms with E-state index in [1.54, 1.807) is 6.92 Å². The molecular formula is C14H20BrNO2. The highest BCUT2D eigenvalue weighted by atomic mass is 79.9. The zero-order valence-corrected chi connectivity index (χ0v) is 13.0. The van der Waals surface area contributed by atoms with Crippen LogP contribution in [0.5, 0.6) is 0 Å². The number of carbonyl (C=O) groups is 1. The van der Waals surface area contributed by atoms with Gasteiger partial charge in [0.15, 0.2) is 5.78 Å². The van der Waals surface area contributed by atoms with Crippen molar-refractivity contribution in [2.24, 2.45) is 0 Å². The van der Waals surface area contributed by atoms with Gasteiger partial charge in [-0.15, -0.1) is 0 Å². The lowest BCUT2D eigenvalue weighted by Gasteiger charge is -2.21. The van der Waals surface area contributed by atoms with Crippen LogP contribution in [0.4, 0.5) is 5.69 Å². The second-order valence-electron chi connectivity index (χ2n) is 4.56. The average Bonchev–Trinajstić information content (AvgIpc) is 2.27. The third kappa shape index (κ3) is 4.42. The molecular weight excluding hydrogens is 294 g/mol. The van der Waals surface area contributed by atoms with Crippen molar-refractivity contribution in [1.82, 2.24) is 0 Å². The third-order valence-corrected chi connectivity index (χ3v) is 3.28. The number of rotatable bonds is 6. The molecule has 18 heavy (non-hydrogen) atoms. The first kappa shape index (κ1) is 15.2. The Bertz CT molecular complexity index is 418. The molecule has 0 saturated carbocycles. The van der Waals surface area contributed by atoms with Crippen LogP contribution in [0.15, 0.2) is 22.7 Å². The minimum atomic E-state index is 0.0769. The Kier molecular flexibility index (Phi) is 5.82. The van der Waals surface area contributed by atoms with E-state index in [0.717, 1.165) is 22.3 Å². The summed E-state index contributed by atoms with van der Waals surface area (Å²) >= 11 is 3.50. The van der Waals surface area contributed by atoms with Gasteiger partial charge in [-0.2, -0.15) is 0 Å². The van der Waals surface area contributed by atoms with Crippen LogP contribution < -0.4 is 4.90 Å². The summed E-state index contributed by atoms with van der Waals surface area (Å²) in [5.74, 6) is 0.0769. The molecule has 0 atom stereocenters. The summed E-state index contributed by atoms with van der Waals surface area (Å²) in [6.45, 7) is 7.13. The Morgan fingerprint density at radius 1 is 1.44 bits per heavy atom. The van der Waals surface area contributed by atoms with E-state index in [-0.39, 0.29) is 11.9 Å². The van der Waals surface area contributed by atoms with Crippen molar-refractivity contribution in [3.8, 4) is 0 Å². The number of anilines is 1. The molecule has 0 saturated heterocycles. The van der Waals surface area contributed by atoms with Crippen LogP contribution in [0.2, 0.25) is 0 Å². The van der Waals surface area contributed by atoms with Gasteiger partial charge in [0, 0.05) is 23.6 Å². The summed E-state index contributed by atoms with van der Waals surface area (Å²) in [7, 11) is 2.01. The molecule has 0 aromatic heterocycles. The molecule has 0 aliphatic carbocycles. The van der Waals surface area contributed by atoms with E-state index >= 15 is 0 Å². The smallest absolute Gasteiger partial charge is 0.159 e. The Morgan fingerprint density at radius 3 is 2.61 bits per heavy atom. The summed E-state index contributed by atoms with van der Waals surface area (Å²) in [6.07, 6.45) is 0.252. The van der Waals surface area contributed by atoms with Crippen molar-refractivity contribution < 1.29 is 9.53 Å². The second kappa shape index (κ2) is 6.90. The summed E-state index contributed by atoms with van der Waals surface area (Å²) in [6, 6.07) is 5.66. The van der Waals surface area contributed by atoms with Crippen LogP contribution in [-0.4, -0.2) is 32.1 Å². The molecule has 0 fully saturated rings. The van der Waals surface area contributed by atoms with E-state index in [9.17, 15) is 4.79 Å². The number of nitrogens with zero attached hydrogens (tertiary/aromatic N) is 1. The largest absolute Gasteiger partial charge is 0.377 e. The Labute approximate surface area is 117 Å². The number of ketones is 1. The lowest BCUT2D eigenvalue weighted by molar-refractivity contribution is 0.0846. The maximum Gasteiger partial charge on any atom is 0.159 e. The predicted molar refractivity (Wildman–Crippen MR) is 78.5 cm³/mol. The van der Waals surface area contributed by atoms with Gasteiger partial charge in [0.25, 0.3) is 0 Å². The van der Waals surface area contributed by atoms with E-state index in [0.29, 0.717) is 6.61 Å². The molecule has 0 aliphatic heterocycles. The first-order chi connectivity index (χ1) is 8.41. The maximum absolute atomic E-state index is 11.3. The SMILES string of the molecule is CC(=O)c1ccc(N(C)CCOC(C)C)c(Br)c1. The molecule has 0 spiro atoms. The zero-order chi connectivity index (χ0) is 13.7. The number of Topliss-reactive ketones (excluding diaryl/α,β-unsaturated/α-hetero) is 1. The number of carbonyl (C=O) groups excluding carboxylic acids is 1. The number of halogens is 1. The standard InChI is InChI=1S/C14H20BrNO2/c1-10(2)18-8-7-16(4)14-6-5-12(11(3)17)9-13(14)15/h5-6,9-10H,7-8H2,1-4H3. The number of likely N-dealkylation sites (N-methyl/N-ethyl adjacent to an activating group) is 1. The fraction of sp³-hybridized carbons (Fsp3) is 0.500. The lowest BCUT2D eigenvalue weighted by atomic mass is 10.1.